The Hall–Kier alpha value is -11.2. The number of aliphatic hydroxyl groups excluding tert-OH is 2. The van der Waals surface area contributed by atoms with E-state index in [9.17, 15) is 48.6 Å². The summed E-state index contributed by atoms with van der Waals surface area (Å²) in [5, 5.41) is 33.2. The summed E-state index contributed by atoms with van der Waals surface area (Å²) >= 11 is 0. The number of nitrogens with one attached hydrogen (secondary N) is 4. The number of para-hydroxylation sites is 1. The zero-order valence-corrected chi connectivity index (χ0v) is 57.8. The van der Waals surface area contributed by atoms with Gasteiger partial charge >= 0.3 is 12.2 Å². The summed E-state index contributed by atoms with van der Waals surface area (Å²) in [5.74, 6) is -4.96. The quantitative estimate of drug-likeness (QED) is 0.0268. The lowest BCUT2D eigenvalue weighted by Crippen LogP contribution is -2.50. The number of carbonyl (C=O) groups is 8. The van der Waals surface area contributed by atoms with Gasteiger partial charge in [0.15, 0.2) is 23.1 Å². The van der Waals surface area contributed by atoms with E-state index >= 15 is 0 Å². The lowest BCUT2D eigenvalue weighted by atomic mass is 9.85. The lowest BCUT2D eigenvalue weighted by molar-refractivity contribution is -0.133. The number of benzene rings is 6. The highest BCUT2D eigenvalue weighted by atomic mass is 16.6. The number of alkyl carbamates (subject to hydrolysis) is 2. The highest BCUT2D eigenvalue weighted by Crippen LogP contribution is 2.46. The minimum Gasteiger partial charge on any atom is -0.449 e. The Morgan fingerprint density at radius 1 is 0.476 bits per heavy atom. The Morgan fingerprint density at radius 2 is 0.874 bits per heavy atom. The SMILES string of the molecule is CC(=O)C(NC(=O)C(CC(=O)C(CC1=CN=C2C=CC=CC12)NC(=O)OCC1c2ccccc2-c2ccccc21)CC1=c2ccccc2=NC1)C(C)O.CC(=O)C(NC(=O)C(CC(=O)C(CC1=CN=C2C=CC=CC12)NC(=O)OCC1c2ccccc2-c2ccccc21)Cc1ccccc1)C(C)O. The molecule has 6 aromatic rings. The normalized spacial score (nSPS) is 18.3. The second-order valence-corrected chi connectivity index (χ2v) is 27.2. The average molecular weight is 1380 g/mol. The standard InChI is InChI=1S/C43H42N4O6.C41H41N3O6/c1-25(48)41(26(2)49)47-42(51)27(19-28-22-44-37-17-9-7-11-30(28)37)21-40(50)39(20-29-23-45-38-18-10-8-12-31(29)38)46-43(52)53-24-36-34-15-5-3-13-32(34)33-14-4-6-16-35(33)36;1-25(45)39(26(2)46)44-40(48)28(20-27-12-4-3-5-13-27)22-38(47)37(21-29-23-42-36-19-11-10-14-30(29)36)43-41(49)50-24-35-33-17-8-6-15-31(33)32-16-7-9-18-34(32)35/h3-18,23,25,27,31,36,39,41,48H,19-22,24H2,1-2H3,(H,46,52)(H,47,51);3-19,23,25,28,30,35,37,39,45H,20-22,24H2,1-2H3,(H,43,49)(H,44,48). The summed E-state index contributed by atoms with van der Waals surface area (Å²) in [6, 6.07) is 44.8. The molecule has 0 spiro atoms. The maximum absolute atomic E-state index is 14.4. The number of aliphatic hydroxyl groups is 2. The number of nitrogens with zero attached hydrogens (tertiary/aromatic N) is 3. The monoisotopic (exact) mass is 1380 g/mol. The van der Waals surface area contributed by atoms with Crippen molar-refractivity contribution in [2.75, 3.05) is 19.8 Å². The predicted octanol–water partition coefficient (Wildman–Crippen LogP) is 9.91. The van der Waals surface area contributed by atoms with Crippen LogP contribution in [0.4, 0.5) is 9.59 Å². The number of ketones is 4. The molecule has 0 aromatic heterocycles. The molecule has 0 radical (unpaired) electrons. The van der Waals surface area contributed by atoms with Gasteiger partial charge in [-0.05, 0) is 138 Å². The molecule has 3 heterocycles. The summed E-state index contributed by atoms with van der Waals surface area (Å²) in [7, 11) is 0. The van der Waals surface area contributed by atoms with Crippen LogP contribution in [0.3, 0.4) is 0 Å². The van der Waals surface area contributed by atoms with Gasteiger partial charge in [-0.2, -0.15) is 0 Å². The fourth-order valence-electron chi connectivity index (χ4n) is 14.8. The van der Waals surface area contributed by atoms with Crippen LogP contribution in [0, 0.1) is 23.7 Å². The average Bonchev–Trinajstić information content (AvgIpc) is 1.62. The van der Waals surface area contributed by atoms with Crippen LogP contribution >= 0.6 is 0 Å². The maximum atomic E-state index is 14.4. The summed E-state index contributed by atoms with van der Waals surface area (Å²) in [5.41, 5.74) is 13.8. The van der Waals surface area contributed by atoms with Crippen LogP contribution < -0.4 is 31.8 Å². The van der Waals surface area contributed by atoms with Crippen LogP contribution in [0.1, 0.15) is 99.5 Å². The number of ether oxygens (including phenoxy) is 2. The third-order valence-electron chi connectivity index (χ3n) is 20.1. The molecule has 6 aromatic carbocycles. The molecule has 10 unspecified atom stereocenters. The van der Waals surface area contributed by atoms with E-state index in [0.29, 0.717) is 6.54 Å². The molecule has 6 N–H and O–H groups in total. The molecule has 0 bridgehead atoms. The Balaban J connectivity index is 0.000000194. The number of hydrogen-bond donors (Lipinski definition) is 6. The Labute approximate surface area is 597 Å². The van der Waals surface area contributed by atoms with Gasteiger partial charge in [-0.15, -0.1) is 0 Å². The number of allylic oxidation sites excluding steroid dienone is 8. The Morgan fingerprint density at radius 3 is 1.30 bits per heavy atom. The molecule has 7 aliphatic rings. The highest BCUT2D eigenvalue weighted by Gasteiger charge is 2.38. The molecule has 103 heavy (non-hydrogen) atoms. The molecular formula is C84H83N7O12. The minimum atomic E-state index is -1.13. The van der Waals surface area contributed by atoms with Crippen molar-refractivity contribution in [2.24, 2.45) is 38.6 Å². The zero-order valence-electron chi connectivity index (χ0n) is 57.8. The van der Waals surface area contributed by atoms with E-state index in [1.807, 2.05) is 176 Å². The van der Waals surface area contributed by atoms with E-state index in [4.69, 9.17) is 9.47 Å². The van der Waals surface area contributed by atoms with Gasteiger partial charge in [0.05, 0.1) is 47.6 Å². The fourth-order valence-corrected chi connectivity index (χ4v) is 14.8. The van der Waals surface area contributed by atoms with E-state index in [1.165, 1.54) is 27.7 Å². The zero-order chi connectivity index (χ0) is 72.3. The van der Waals surface area contributed by atoms with Crippen molar-refractivity contribution in [2.45, 2.75) is 114 Å². The molecule has 0 fully saturated rings. The van der Waals surface area contributed by atoms with Crippen LogP contribution in [-0.2, 0) is 44.7 Å². The van der Waals surface area contributed by atoms with Gasteiger partial charge in [-0.25, -0.2) is 9.59 Å². The fraction of sp³-hybridized carbons (Fsp3) is 0.298. The Bertz CT molecular complexity index is 4600. The second-order valence-electron chi connectivity index (χ2n) is 27.2. The van der Waals surface area contributed by atoms with E-state index < -0.39 is 83.8 Å². The van der Waals surface area contributed by atoms with Gasteiger partial charge in [-0.1, -0.05) is 182 Å². The van der Waals surface area contributed by atoms with Crippen molar-refractivity contribution in [3.05, 3.63) is 262 Å². The smallest absolute Gasteiger partial charge is 0.407 e. The third-order valence-corrected chi connectivity index (χ3v) is 20.1. The van der Waals surface area contributed by atoms with Crippen LogP contribution in [0.5, 0.6) is 0 Å². The van der Waals surface area contributed by atoms with Crippen molar-refractivity contribution >= 4 is 64.1 Å². The Kier molecular flexibility index (Phi) is 22.7. The van der Waals surface area contributed by atoms with Crippen LogP contribution in [0.2, 0.25) is 0 Å². The molecule has 0 saturated carbocycles. The van der Waals surface area contributed by atoms with Crippen molar-refractivity contribution in [3.63, 3.8) is 0 Å². The first-order valence-corrected chi connectivity index (χ1v) is 35.0. The van der Waals surface area contributed by atoms with Crippen LogP contribution in [0.15, 0.2) is 239 Å². The summed E-state index contributed by atoms with van der Waals surface area (Å²) < 4.78 is 11.7. The van der Waals surface area contributed by atoms with Crippen LogP contribution in [0.25, 0.3) is 27.8 Å². The summed E-state index contributed by atoms with van der Waals surface area (Å²) in [6.07, 6.45) is 15.5. The first-order valence-electron chi connectivity index (χ1n) is 35.0. The largest absolute Gasteiger partial charge is 0.449 e. The molecule has 10 atom stereocenters. The number of hydrogen-bond acceptors (Lipinski definition) is 15. The van der Waals surface area contributed by atoms with E-state index in [2.05, 4.69) is 60.5 Å². The summed E-state index contributed by atoms with van der Waals surface area (Å²) in [4.78, 5) is 121. The van der Waals surface area contributed by atoms with Gasteiger partial charge in [0, 0.05) is 66.0 Å². The maximum Gasteiger partial charge on any atom is 0.407 e. The molecule has 19 nitrogen and oxygen atoms in total. The number of carbonyl (C=O) groups excluding carboxylic acids is 8. The molecular weight excluding hydrogens is 1300 g/mol. The summed E-state index contributed by atoms with van der Waals surface area (Å²) in [6.45, 7) is 5.99. The topological polar surface area (TPSA) is 281 Å². The van der Waals surface area contributed by atoms with Gasteiger partial charge in [0.1, 0.15) is 25.3 Å². The number of fused-ring (bicyclic) bond motifs is 9. The number of aliphatic imine (C=N–C) groups is 2. The van der Waals surface area contributed by atoms with Crippen molar-refractivity contribution in [3.8, 4) is 22.3 Å². The van der Waals surface area contributed by atoms with E-state index in [-0.39, 0.29) is 87.0 Å². The van der Waals surface area contributed by atoms with Gasteiger partial charge in [-0.3, -0.25) is 43.7 Å². The molecule has 526 valence electrons. The first-order chi connectivity index (χ1) is 49.9. The number of amides is 4. The van der Waals surface area contributed by atoms with E-state index in [1.54, 1.807) is 12.4 Å². The van der Waals surface area contributed by atoms with Crippen LogP contribution in [-0.4, -0.2) is 125 Å². The van der Waals surface area contributed by atoms with E-state index in [0.717, 1.165) is 88.8 Å². The number of Topliss-reactive ketones (excluding diaryl/α,β-unsaturated/α-hetero) is 4. The van der Waals surface area contributed by atoms with Gasteiger partial charge in [0.25, 0.3) is 0 Å². The highest BCUT2D eigenvalue weighted by molar-refractivity contribution is 6.04. The minimum absolute atomic E-state index is 0.0743. The molecule has 4 amide bonds. The molecule has 19 heteroatoms. The predicted molar refractivity (Wildman–Crippen MR) is 393 cm³/mol. The van der Waals surface area contributed by atoms with Crippen molar-refractivity contribution in [1.82, 2.24) is 21.3 Å². The molecule has 13 rings (SSSR count). The molecule has 3 aliphatic heterocycles. The first kappa shape index (κ1) is 71.7. The molecule has 4 aliphatic carbocycles. The lowest BCUT2D eigenvalue weighted by Gasteiger charge is -2.25. The van der Waals surface area contributed by atoms with Crippen molar-refractivity contribution in [1.29, 1.82) is 0 Å². The van der Waals surface area contributed by atoms with Gasteiger partial charge in [0.2, 0.25) is 11.8 Å². The van der Waals surface area contributed by atoms with Crippen molar-refractivity contribution < 1.29 is 58.0 Å². The molecule has 0 saturated heterocycles. The number of rotatable bonds is 28. The van der Waals surface area contributed by atoms with Gasteiger partial charge < -0.3 is 41.0 Å². The third kappa shape index (κ3) is 16.8. The second kappa shape index (κ2) is 32.7.